The van der Waals surface area contributed by atoms with E-state index in [9.17, 15) is 9.59 Å². The first kappa shape index (κ1) is 15.0. The Morgan fingerprint density at radius 3 is 2.33 bits per heavy atom. The summed E-state index contributed by atoms with van der Waals surface area (Å²) in [5.74, 6) is -0.876. The molecule has 0 unspecified atom stereocenters. The Kier molecular flexibility index (Phi) is 7.41. The monoisotopic (exact) mass is 256 g/mol. The lowest BCUT2D eigenvalue weighted by Crippen LogP contribution is -2.35. The summed E-state index contributed by atoms with van der Waals surface area (Å²) in [6, 6.07) is 0. The van der Waals surface area contributed by atoms with Crippen LogP contribution >= 0.6 is 0 Å². The van der Waals surface area contributed by atoms with Gasteiger partial charge in [-0.05, 0) is 32.4 Å². The average molecular weight is 256 g/mol. The van der Waals surface area contributed by atoms with Crippen molar-refractivity contribution in [3.05, 3.63) is 0 Å². The first-order valence-electron chi connectivity index (χ1n) is 6.89. The lowest BCUT2D eigenvalue weighted by Gasteiger charge is -2.19. The van der Waals surface area contributed by atoms with Crippen molar-refractivity contribution in [2.45, 2.75) is 44.9 Å². The van der Waals surface area contributed by atoms with Gasteiger partial charge in [-0.25, -0.2) is 0 Å². The minimum absolute atomic E-state index is 0.0360. The fourth-order valence-electron chi connectivity index (χ4n) is 2.20. The van der Waals surface area contributed by atoms with E-state index in [0.29, 0.717) is 19.4 Å². The van der Waals surface area contributed by atoms with Crippen molar-refractivity contribution in [2.75, 3.05) is 26.2 Å². The molecule has 1 amide bonds. The van der Waals surface area contributed by atoms with E-state index in [-0.39, 0.29) is 12.3 Å². The van der Waals surface area contributed by atoms with Gasteiger partial charge in [-0.1, -0.05) is 12.8 Å². The molecule has 104 valence electrons. The third kappa shape index (κ3) is 7.27. The molecule has 18 heavy (non-hydrogen) atoms. The number of nitrogens with one attached hydrogen (secondary N) is 1. The van der Waals surface area contributed by atoms with E-state index < -0.39 is 5.97 Å². The molecule has 5 heteroatoms. The summed E-state index contributed by atoms with van der Waals surface area (Å²) in [7, 11) is 0. The molecule has 0 aromatic rings. The molecule has 0 aromatic heterocycles. The number of likely N-dealkylation sites (tertiary alicyclic amines) is 1. The molecule has 1 aliphatic heterocycles. The van der Waals surface area contributed by atoms with E-state index >= 15 is 0 Å². The highest BCUT2D eigenvalue weighted by molar-refractivity contribution is 5.76. The molecule has 0 bridgehead atoms. The maximum atomic E-state index is 11.4. The highest BCUT2D eigenvalue weighted by Gasteiger charge is 2.09. The maximum absolute atomic E-state index is 11.4. The minimum atomic E-state index is -0.840. The SMILES string of the molecule is O=C(O)CCCC(=O)NCCN1CCCCCC1. The molecule has 1 fully saturated rings. The Balaban J connectivity index is 2.01. The Morgan fingerprint density at radius 2 is 1.72 bits per heavy atom. The predicted molar refractivity (Wildman–Crippen MR) is 69.4 cm³/mol. The molecule has 0 aliphatic carbocycles. The van der Waals surface area contributed by atoms with E-state index in [4.69, 9.17) is 5.11 Å². The van der Waals surface area contributed by atoms with Gasteiger partial charge >= 0.3 is 5.97 Å². The van der Waals surface area contributed by atoms with Gasteiger partial charge in [0.2, 0.25) is 5.91 Å². The summed E-state index contributed by atoms with van der Waals surface area (Å²) in [4.78, 5) is 24.1. The molecular weight excluding hydrogens is 232 g/mol. The van der Waals surface area contributed by atoms with Crippen LogP contribution in [0.3, 0.4) is 0 Å². The lowest BCUT2D eigenvalue weighted by atomic mass is 10.2. The summed E-state index contributed by atoms with van der Waals surface area (Å²) in [5.41, 5.74) is 0. The summed E-state index contributed by atoms with van der Waals surface area (Å²) in [6.07, 6.45) is 5.95. The van der Waals surface area contributed by atoms with E-state index in [1.165, 1.54) is 25.7 Å². The highest BCUT2D eigenvalue weighted by Crippen LogP contribution is 2.08. The average Bonchev–Trinajstić information content (AvgIpc) is 2.57. The molecule has 1 rings (SSSR count). The molecule has 1 heterocycles. The van der Waals surface area contributed by atoms with E-state index in [1.54, 1.807) is 0 Å². The van der Waals surface area contributed by atoms with Crippen LogP contribution in [-0.2, 0) is 9.59 Å². The summed E-state index contributed by atoms with van der Waals surface area (Å²) < 4.78 is 0. The Labute approximate surface area is 109 Å². The summed E-state index contributed by atoms with van der Waals surface area (Å²) >= 11 is 0. The predicted octanol–water partition coefficient (Wildman–Crippen LogP) is 1.23. The van der Waals surface area contributed by atoms with Gasteiger partial charge in [0.1, 0.15) is 0 Å². The Bertz CT molecular complexity index is 261. The van der Waals surface area contributed by atoms with Gasteiger partial charge in [0.25, 0.3) is 0 Å². The van der Waals surface area contributed by atoms with Gasteiger partial charge in [-0.2, -0.15) is 0 Å². The third-order valence-electron chi connectivity index (χ3n) is 3.24. The number of carbonyl (C=O) groups is 2. The topological polar surface area (TPSA) is 69.6 Å². The van der Waals surface area contributed by atoms with Crippen LogP contribution in [0, 0.1) is 0 Å². The molecule has 1 aliphatic rings. The van der Waals surface area contributed by atoms with Crippen molar-refractivity contribution >= 4 is 11.9 Å². The Hall–Kier alpha value is -1.10. The summed E-state index contributed by atoms with van der Waals surface area (Å²) in [6.45, 7) is 3.85. The minimum Gasteiger partial charge on any atom is -0.481 e. The van der Waals surface area contributed by atoms with Gasteiger partial charge < -0.3 is 15.3 Å². The quantitative estimate of drug-likeness (QED) is 0.719. The van der Waals surface area contributed by atoms with Gasteiger partial charge in [-0.3, -0.25) is 9.59 Å². The number of carbonyl (C=O) groups excluding carboxylic acids is 1. The molecule has 5 nitrogen and oxygen atoms in total. The van der Waals surface area contributed by atoms with Gasteiger partial charge in [-0.15, -0.1) is 0 Å². The van der Waals surface area contributed by atoms with Crippen LogP contribution in [0.4, 0.5) is 0 Å². The number of carboxylic acid groups (broad SMARTS) is 1. The van der Waals surface area contributed by atoms with Crippen LogP contribution in [0.1, 0.15) is 44.9 Å². The summed E-state index contributed by atoms with van der Waals surface area (Å²) in [5, 5.41) is 11.3. The van der Waals surface area contributed by atoms with Crippen molar-refractivity contribution in [1.82, 2.24) is 10.2 Å². The second-order valence-corrected chi connectivity index (χ2v) is 4.85. The number of carboxylic acids is 1. The number of hydrogen-bond acceptors (Lipinski definition) is 3. The molecule has 0 spiro atoms. The van der Waals surface area contributed by atoms with E-state index in [0.717, 1.165) is 19.6 Å². The number of amides is 1. The second-order valence-electron chi connectivity index (χ2n) is 4.85. The molecule has 0 atom stereocenters. The number of aliphatic carboxylic acids is 1. The molecule has 0 aromatic carbocycles. The lowest BCUT2D eigenvalue weighted by molar-refractivity contribution is -0.137. The molecular formula is C13H24N2O3. The molecule has 0 saturated carbocycles. The van der Waals surface area contributed by atoms with Crippen molar-refractivity contribution < 1.29 is 14.7 Å². The first-order valence-corrected chi connectivity index (χ1v) is 6.89. The van der Waals surface area contributed by atoms with Crippen molar-refractivity contribution in [3.63, 3.8) is 0 Å². The molecule has 2 N–H and O–H groups in total. The highest BCUT2D eigenvalue weighted by atomic mass is 16.4. The van der Waals surface area contributed by atoms with Crippen LogP contribution in [0.25, 0.3) is 0 Å². The standard InChI is InChI=1S/C13H24N2O3/c16-12(6-5-7-13(17)18)14-8-11-15-9-3-1-2-4-10-15/h1-11H2,(H,14,16)(H,17,18). The van der Waals surface area contributed by atoms with Gasteiger partial charge in [0.05, 0.1) is 0 Å². The molecule has 0 radical (unpaired) electrons. The normalized spacial score (nSPS) is 17.1. The van der Waals surface area contributed by atoms with Gasteiger partial charge in [0, 0.05) is 25.9 Å². The largest absolute Gasteiger partial charge is 0.481 e. The van der Waals surface area contributed by atoms with Crippen molar-refractivity contribution in [1.29, 1.82) is 0 Å². The number of hydrogen-bond donors (Lipinski definition) is 2. The van der Waals surface area contributed by atoms with Crippen molar-refractivity contribution in [3.8, 4) is 0 Å². The van der Waals surface area contributed by atoms with Crippen LogP contribution in [-0.4, -0.2) is 48.1 Å². The van der Waals surface area contributed by atoms with Crippen molar-refractivity contribution in [2.24, 2.45) is 0 Å². The molecule has 1 saturated heterocycles. The fraction of sp³-hybridized carbons (Fsp3) is 0.846. The Morgan fingerprint density at radius 1 is 1.06 bits per heavy atom. The van der Waals surface area contributed by atoms with E-state index in [1.807, 2.05) is 0 Å². The van der Waals surface area contributed by atoms with Crippen LogP contribution in [0.2, 0.25) is 0 Å². The zero-order valence-corrected chi connectivity index (χ0v) is 11.0. The number of nitrogens with zero attached hydrogens (tertiary/aromatic N) is 1. The van der Waals surface area contributed by atoms with Crippen LogP contribution in [0.5, 0.6) is 0 Å². The van der Waals surface area contributed by atoms with Crippen LogP contribution in [0.15, 0.2) is 0 Å². The van der Waals surface area contributed by atoms with Gasteiger partial charge in [0.15, 0.2) is 0 Å². The first-order chi connectivity index (χ1) is 8.68. The zero-order chi connectivity index (χ0) is 13.2. The smallest absolute Gasteiger partial charge is 0.303 e. The van der Waals surface area contributed by atoms with Crippen LogP contribution < -0.4 is 5.32 Å². The third-order valence-corrected chi connectivity index (χ3v) is 3.24. The second kappa shape index (κ2) is 8.91. The van der Waals surface area contributed by atoms with E-state index in [2.05, 4.69) is 10.2 Å². The zero-order valence-electron chi connectivity index (χ0n) is 11.0. The number of rotatable bonds is 7. The maximum Gasteiger partial charge on any atom is 0.303 e. The fourth-order valence-corrected chi connectivity index (χ4v) is 2.20.